The third-order valence-electron chi connectivity index (χ3n) is 23.7. The predicted octanol–water partition coefficient (Wildman–Crippen LogP) is 24.7. The van der Waals surface area contributed by atoms with E-state index in [9.17, 15) is 0 Å². The Morgan fingerprint density at radius 2 is 0.673 bits per heavy atom. The smallest absolute Gasteiger partial charge is 0.260 e. The van der Waals surface area contributed by atoms with Gasteiger partial charge in [-0.05, 0) is 177 Å². The van der Waals surface area contributed by atoms with Gasteiger partial charge in [0.2, 0.25) is 0 Å². The van der Waals surface area contributed by atoms with E-state index in [1.54, 1.807) is 0 Å². The minimum absolute atomic E-state index is 0.356. The van der Waals surface area contributed by atoms with Crippen LogP contribution in [0.1, 0.15) is 26.3 Å². The molecule has 0 atom stereocenters. The highest BCUT2D eigenvalue weighted by atomic mass is 16.5. The summed E-state index contributed by atoms with van der Waals surface area (Å²) in [4.78, 5) is 5.22. The molecule has 530 valence electrons. The molecule has 5 heterocycles. The Bertz CT molecular complexity index is 6830. The molecule has 0 saturated heterocycles. The number of hydrogen-bond acceptors (Lipinski definition) is 5. The Balaban J connectivity index is 0.900. The maximum atomic E-state index is 8.39. The van der Waals surface area contributed by atoms with E-state index in [1.807, 2.05) is 0 Å². The van der Waals surface area contributed by atoms with Gasteiger partial charge >= 0.3 is 0 Å². The van der Waals surface area contributed by atoms with Crippen molar-refractivity contribution in [3.05, 3.63) is 388 Å². The molecule has 0 aliphatic carbocycles. The predicted molar refractivity (Wildman–Crippen MR) is 473 cm³/mol. The number of hydrogen-bond donors (Lipinski definition) is 0. The fourth-order valence-electron chi connectivity index (χ4n) is 18.4. The van der Waals surface area contributed by atoms with Gasteiger partial charge in [-0.25, -0.2) is 0 Å². The number of nitrogens with zero attached hydrogens (tertiary/aromatic N) is 2. The lowest BCUT2D eigenvalue weighted by molar-refractivity contribution is 0.468. The minimum atomic E-state index is -0.443. The number of furan rings is 1. The second kappa shape index (κ2) is 26.3. The van der Waals surface area contributed by atoms with Crippen LogP contribution in [-0.4, -0.2) is 13.4 Å². The molecule has 0 fully saturated rings. The number of fused-ring (bicyclic) bond motifs is 12. The third-order valence-corrected chi connectivity index (χ3v) is 23.7. The topological polar surface area (TPSA) is 38.1 Å². The van der Waals surface area contributed by atoms with Gasteiger partial charge in [0.05, 0.1) is 11.4 Å². The van der Waals surface area contributed by atoms with Gasteiger partial charge in [0.25, 0.3) is 13.4 Å². The average molecular weight is 1440 g/mol. The zero-order valence-corrected chi connectivity index (χ0v) is 62.6. The molecule has 0 amide bonds. The lowest BCUT2D eigenvalue weighted by Gasteiger charge is -2.47. The number of anilines is 6. The molecule has 0 radical (unpaired) electrons. The van der Waals surface area contributed by atoms with Crippen LogP contribution in [0.3, 0.4) is 0 Å². The third kappa shape index (κ3) is 10.9. The zero-order valence-electron chi connectivity index (χ0n) is 62.6. The van der Waals surface area contributed by atoms with Gasteiger partial charge in [-0.1, -0.05) is 336 Å². The monoisotopic (exact) mass is 1440 g/mol. The van der Waals surface area contributed by atoms with Crippen LogP contribution in [0, 0.1) is 0 Å². The van der Waals surface area contributed by atoms with E-state index in [0.29, 0.717) is 5.75 Å². The van der Waals surface area contributed by atoms with Crippen molar-refractivity contribution in [2.24, 2.45) is 0 Å². The van der Waals surface area contributed by atoms with Crippen molar-refractivity contribution in [2.45, 2.75) is 26.2 Å². The van der Waals surface area contributed by atoms with Crippen LogP contribution in [0.25, 0.3) is 122 Å². The fraction of sp³-hybridized carbons (Fsp3) is 0.0377. The lowest BCUT2D eigenvalue weighted by atomic mass is 9.30. The molecule has 7 heteroatoms. The molecular formula is C106H72B2N2O3. The number of benzene rings is 17. The summed E-state index contributed by atoms with van der Waals surface area (Å²) >= 11 is 0. The van der Waals surface area contributed by atoms with Crippen LogP contribution in [0.5, 0.6) is 23.0 Å². The minimum Gasteiger partial charge on any atom is -0.459 e. The van der Waals surface area contributed by atoms with Crippen LogP contribution < -0.4 is 52.1 Å². The molecule has 1 aromatic heterocycles. The largest absolute Gasteiger partial charge is 0.459 e. The molecule has 18 aromatic rings. The van der Waals surface area contributed by atoms with Gasteiger partial charge in [-0.2, -0.15) is 0 Å². The molecule has 5 nitrogen and oxygen atoms in total. The van der Waals surface area contributed by atoms with E-state index < -0.39 is 13.4 Å². The Morgan fingerprint density at radius 1 is 0.239 bits per heavy atom. The molecule has 22 rings (SSSR count). The standard InChI is InChI=1S/C106H72B2N2O3/c1-106(2,3)79-62-94-100-95(63-79)110(92-56-53-76(68-33-14-5-15-34-68)58-86(92)74-45-26-11-27-46-74)96-66-99-102-105(101(96)108(100)88-54-51-77(69-35-16-6-17-36-69)61-93(88)109(94)91-55-52-75(67-31-12-4-13-32-67)57-85(91)73-43-24-10-25-44-73)112-98-65-84(72-41-22-9-23-42-72)83(71-39-20-8-21-40-71)64-89(98)107(102)90-60-78(70-37-18-7-19-38-70)59-87(104(90)113-99)82-49-30-48-81-80-47-28-29-50-97(80)111-103(81)82/h4-66H,1-3H3. The van der Waals surface area contributed by atoms with E-state index in [-0.39, 0.29) is 5.41 Å². The highest BCUT2D eigenvalue weighted by molar-refractivity contribution is 7.03. The highest BCUT2D eigenvalue weighted by Crippen LogP contribution is 2.55. The molecular weight excluding hydrogens is 1370 g/mol. The second-order valence-electron chi connectivity index (χ2n) is 31.3. The molecule has 17 aromatic carbocycles. The molecule has 0 saturated carbocycles. The van der Waals surface area contributed by atoms with Crippen molar-refractivity contribution in [2.75, 3.05) is 9.80 Å². The molecule has 0 unspecified atom stereocenters. The SMILES string of the molecule is CC(C)(C)c1cc2c3c(c1)N(c1ccc(-c4ccccc4)cc1-c1ccccc1)c1cc4c5c(c1B3c1ccc(-c3ccccc3)cc1N2c1ccc(-c2ccccc2)cc1-c1ccccc1)Oc1cc(-c2ccccc2)c(-c2ccccc2)cc1B5c1cc(-c2ccccc2)cc(-c2cccc3c2oc2ccccc23)c1O4. The Morgan fingerprint density at radius 3 is 1.21 bits per heavy atom. The average Bonchev–Trinajstić information content (AvgIpc) is 1.01. The van der Waals surface area contributed by atoms with Crippen molar-refractivity contribution in [1.29, 1.82) is 0 Å². The maximum Gasteiger partial charge on any atom is 0.260 e. The molecule has 4 aliphatic rings. The maximum absolute atomic E-state index is 8.39. The van der Waals surface area contributed by atoms with Gasteiger partial charge in [-0.3, -0.25) is 0 Å². The Kier molecular flexibility index (Phi) is 15.3. The summed E-state index contributed by atoms with van der Waals surface area (Å²) in [5, 5.41) is 2.10. The summed E-state index contributed by atoms with van der Waals surface area (Å²) in [6.45, 7) is 6.21. The van der Waals surface area contributed by atoms with Crippen molar-refractivity contribution in [3.8, 4) is 123 Å². The normalized spacial score (nSPS) is 12.8. The van der Waals surface area contributed by atoms with Crippen LogP contribution in [-0.2, 0) is 5.41 Å². The van der Waals surface area contributed by atoms with Crippen LogP contribution in [0.2, 0.25) is 0 Å². The number of para-hydroxylation sites is 2. The van der Waals surface area contributed by atoms with E-state index >= 15 is 0 Å². The van der Waals surface area contributed by atoms with Crippen molar-refractivity contribution >= 4 is 102 Å². The lowest BCUT2D eigenvalue weighted by Crippen LogP contribution is -2.65. The summed E-state index contributed by atoms with van der Waals surface area (Å²) in [5.74, 6) is 3.03. The second-order valence-corrected chi connectivity index (χ2v) is 31.3. The molecule has 0 spiro atoms. The van der Waals surface area contributed by atoms with Crippen molar-refractivity contribution in [3.63, 3.8) is 0 Å². The van der Waals surface area contributed by atoms with E-state index in [4.69, 9.17) is 13.9 Å². The van der Waals surface area contributed by atoms with Gasteiger partial charge in [0, 0.05) is 67.3 Å². The molecule has 0 N–H and O–H groups in total. The summed E-state index contributed by atoms with van der Waals surface area (Å²) in [6, 6.07) is 140. The zero-order chi connectivity index (χ0) is 75.0. The van der Waals surface area contributed by atoms with Gasteiger partial charge in [0.15, 0.2) is 0 Å². The van der Waals surface area contributed by atoms with Gasteiger partial charge in [-0.15, -0.1) is 0 Å². The summed E-state index contributed by atoms with van der Waals surface area (Å²) < 4.78 is 23.7. The Labute approximate surface area is 658 Å². The van der Waals surface area contributed by atoms with E-state index in [0.717, 1.165) is 201 Å². The van der Waals surface area contributed by atoms with E-state index in [2.05, 4.69) is 413 Å². The summed E-state index contributed by atoms with van der Waals surface area (Å²) in [7, 11) is 0. The molecule has 113 heavy (non-hydrogen) atoms. The number of ether oxygens (including phenoxy) is 2. The summed E-state index contributed by atoms with van der Waals surface area (Å²) in [6.07, 6.45) is 0. The van der Waals surface area contributed by atoms with E-state index in [1.165, 1.54) is 11.0 Å². The molecule has 0 bridgehead atoms. The number of rotatable bonds is 11. The Hall–Kier alpha value is -14.1. The first-order chi connectivity index (χ1) is 55.7. The summed E-state index contributed by atoms with van der Waals surface area (Å²) in [5.41, 5.74) is 34.7. The van der Waals surface area contributed by atoms with Crippen LogP contribution in [0.15, 0.2) is 387 Å². The fourth-order valence-corrected chi connectivity index (χ4v) is 18.4. The van der Waals surface area contributed by atoms with Crippen LogP contribution >= 0.6 is 0 Å². The first-order valence-corrected chi connectivity index (χ1v) is 39.2. The van der Waals surface area contributed by atoms with Crippen LogP contribution in [0.4, 0.5) is 34.1 Å². The van der Waals surface area contributed by atoms with Crippen molar-refractivity contribution < 1.29 is 13.9 Å². The molecule has 4 aliphatic heterocycles. The van der Waals surface area contributed by atoms with Gasteiger partial charge in [0.1, 0.15) is 34.2 Å². The highest BCUT2D eigenvalue weighted by Gasteiger charge is 2.52. The first-order valence-electron chi connectivity index (χ1n) is 39.2. The quantitative estimate of drug-likeness (QED) is 0.121. The van der Waals surface area contributed by atoms with Crippen molar-refractivity contribution in [1.82, 2.24) is 0 Å². The van der Waals surface area contributed by atoms with Gasteiger partial charge < -0.3 is 23.7 Å². The first kappa shape index (κ1) is 65.9.